The molecule has 1 fully saturated rings. The maximum absolute atomic E-state index is 12.2. The Morgan fingerprint density at radius 2 is 2.05 bits per heavy atom. The maximum atomic E-state index is 12.2. The first-order chi connectivity index (χ1) is 9.81. The normalized spacial score (nSPS) is 22.1. The molecular formula is C16H17NO3. The van der Waals surface area contributed by atoms with E-state index in [1.165, 1.54) is 12.0 Å². The maximum Gasteiger partial charge on any atom is 0.231 e. The summed E-state index contributed by atoms with van der Waals surface area (Å²) in [5.74, 6) is 2.08. The highest BCUT2D eigenvalue weighted by molar-refractivity contribution is 5.99. The fraction of sp³-hybridized carbons (Fsp3) is 0.438. The molecule has 0 saturated heterocycles. The largest absolute Gasteiger partial charge is 0.454 e. The number of rotatable bonds is 2. The van der Waals surface area contributed by atoms with E-state index in [-0.39, 0.29) is 18.5 Å². The van der Waals surface area contributed by atoms with Crippen molar-refractivity contribution in [3.8, 4) is 11.5 Å². The number of hydrogen-bond donors (Lipinski definition) is 1. The van der Waals surface area contributed by atoms with Crippen molar-refractivity contribution in [1.29, 1.82) is 0 Å². The lowest BCUT2D eigenvalue weighted by Crippen LogP contribution is -2.26. The smallest absolute Gasteiger partial charge is 0.231 e. The van der Waals surface area contributed by atoms with Crippen molar-refractivity contribution in [1.82, 2.24) is 5.32 Å². The molecule has 0 unspecified atom stereocenters. The van der Waals surface area contributed by atoms with Crippen LogP contribution in [0, 0.1) is 5.92 Å². The number of carbonyl (C=O) groups excluding carboxylic acids is 1. The zero-order chi connectivity index (χ0) is 13.5. The van der Waals surface area contributed by atoms with Gasteiger partial charge in [0.1, 0.15) is 0 Å². The van der Waals surface area contributed by atoms with E-state index < -0.39 is 0 Å². The average molecular weight is 271 g/mol. The molecule has 1 aliphatic carbocycles. The minimum absolute atomic E-state index is 0.240. The lowest BCUT2D eigenvalue weighted by molar-refractivity contribution is -0.120. The molecule has 0 radical (unpaired) electrons. The summed E-state index contributed by atoms with van der Waals surface area (Å²) in [6.45, 7) is 1.14. The Hall–Kier alpha value is -1.97. The third kappa shape index (κ3) is 1.87. The summed E-state index contributed by atoms with van der Waals surface area (Å²) in [5.41, 5.74) is 3.23. The SMILES string of the molecule is O=C(/C=C1\NCCc2cc3c(cc21)OCO3)C1CCC1. The molecular weight excluding hydrogens is 254 g/mol. The third-order valence-corrected chi connectivity index (χ3v) is 4.39. The third-order valence-electron chi connectivity index (χ3n) is 4.39. The van der Waals surface area contributed by atoms with Gasteiger partial charge in [-0.05, 0) is 37.0 Å². The molecule has 3 aliphatic rings. The standard InChI is InChI=1S/C16H17NO3/c18-14(10-2-1-3-10)8-13-12-7-16-15(19-9-20-16)6-11(12)4-5-17-13/h6-8,10,17H,1-5,9H2/b13-8-. The second kappa shape index (κ2) is 4.54. The quantitative estimate of drug-likeness (QED) is 0.838. The number of benzene rings is 1. The zero-order valence-electron chi connectivity index (χ0n) is 11.3. The average Bonchev–Trinajstić information content (AvgIpc) is 2.81. The second-order valence-corrected chi connectivity index (χ2v) is 5.63. The number of nitrogens with one attached hydrogen (secondary N) is 1. The van der Waals surface area contributed by atoms with Crippen molar-refractivity contribution in [2.24, 2.45) is 5.92 Å². The van der Waals surface area contributed by atoms with E-state index in [4.69, 9.17) is 9.47 Å². The lowest BCUT2D eigenvalue weighted by atomic mass is 9.81. The number of hydrogen-bond acceptors (Lipinski definition) is 4. The van der Waals surface area contributed by atoms with E-state index in [1.54, 1.807) is 6.08 Å². The van der Waals surface area contributed by atoms with Gasteiger partial charge in [0.05, 0.1) is 0 Å². The van der Waals surface area contributed by atoms with Gasteiger partial charge in [-0.2, -0.15) is 0 Å². The molecule has 0 atom stereocenters. The van der Waals surface area contributed by atoms with Gasteiger partial charge in [0.2, 0.25) is 6.79 Å². The zero-order valence-corrected chi connectivity index (χ0v) is 11.3. The Balaban J connectivity index is 1.70. The first-order valence-corrected chi connectivity index (χ1v) is 7.23. The first-order valence-electron chi connectivity index (χ1n) is 7.23. The van der Waals surface area contributed by atoms with E-state index in [2.05, 4.69) is 5.32 Å². The Bertz CT molecular complexity index is 602. The Morgan fingerprint density at radius 3 is 2.80 bits per heavy atom. The van der Waals surface area contributed by atoms with Crippen LogP contribution in [0.15, 0.2) is 18.2 Å². The highest BCUT2D eigenvalue weighted by Crippen LogP contribution is 2.38. The van der Waals surface area contributed by atoms with Crippen LogP contribution in [-0.2, 0) is 11.2 Å². The summed E-state index contributed by atoms with van der Waals surface area (Å²) >= 11 is 0. The highest BCUT2D eigenvalue weighted by atomic mass is 16.7. The molecule has 4 rings (SSSR count). The van der Waals surface area contributed by atoms with Crippen LogP contribution in [0.2, 0.25) is 0 Å². The molecule has 2 aliphatic heterocycles. The molecule has 1 N–H and O–H groups in total. The predicted molar refractivity (Wildman–Crippen MR) is 74.6 cm³/mol. The van der Waals surface area contributed by atoms with E-state index in [0.717, 1.165) is 48.6 Å². The number of allylic oxidation sites excluding steroid dienone is 1. The predicted octanol–water partition coefficient (Wildman–Crippen LogP) is 2.27. The molecule has 4 heteroatoms. The molecule has 1 aromatic carbocycles. The summed E-state index contributed by atoms with van der Waals surface area (Å²) in [6.07, 6.45) is 5.99. The van der Waals surface area contributed by atoms with Crippen LogP contribution in [0.25, 0.3) is 5.70 Å². The Kier molecular flexibility index (Phi) is 2.69. The second-order valence-electron chi connectivity index (χ2n) is 5.63. The van der Waals surface area contributed by atoms with Crippen molar-refractivity contribution in [2.75, 3.05) is 13.3 Å². The van der Waals surface area contributed by atoms with Crippen molar-refractivity contribution < 1.29 is 14.3 Å². The minimum Gasteiger partial charge on any atom is -0.454 e. The highest BCUT2D eigenvalue weighted by Gasteiger charge is 2.26. The number of carbonyl (C=O) groups is 1. The number of fused-ring (bicyclic) bond motifs is 2. The summed E-state index contributed by atoms with van der Waals surface area (Å²) in [4.78, 5) is 12.2. The number of ether oxygens (including phenoxy) is 2. The molecule has 0 spiro atoms. The molecule has 0 aromatic heterocycles. The van der Waals surface area contributed by atoms with Gasteiger partial charge in [0.25, 0.3) is 0 Å². The van der Waals surface area contributed by atoms with E-state index in [1.807, 2.05) is 12.1 Å². The first kappa shape index (κ1) is 11.8. The van der Waals surface area contributed by atoms with Crippen LogP contribution in [0.4, 0.5) is 0 Å². The van der Waals surface area contributed by atoms with Gasteiger partial charge in [0, 0.05) is 29.8 Å². The fourth-order valence-electron chi connectivity index (χ4n) is 2.95. The van der Waals surface area contributed by atoms with Gasteiger partial charge in [-0.15, -0.1) is 0 Å². The Morgan fingerprint density at radius 1 is 1.25 bits per heavy atom. The van der Waals surface area contributed by atoms with Crippen molar-refractivity contribution in [2.45, 2.75) is 25.7 Å². The molecule has 1 saturated carbocycles. The summed E-state index contributed by atoms with van der Waals surface area (Å²) in [5, 5.41) is 3.34. The molecule has 0 bridgehead atoms. The van der Waals surface area contributed by atoms with E-state index >= 15 is 0 Å². The van der Waals surface area contributed by atoms with Crippen LogP contribution in [-0.4, -0.2) is 19.1 Å². The van der Waals surface area contributed by atoms with Crippen LogP contribution in [0.3, 0.4) is 0 Å². The Labute approximate surface area is 117 Å². The molecule has 1 aromatic rings. The minimum atomic E-state index is 0.240. The molecule has 104 valence electrons. The van der Waals surface area contributed by atoms with E-state index in [0.29, 0.717) is 0 Å². The van der Waals surface area contributed by atoms with Crippen LogP contribution in [0.5, 0.6) is 11.5 Å². The topological polar surface area (TPSA) is 47.6 Å². The number of ketones is 1. The van der Waals surface area contributed by atoms with Crippen molar-refractivity contribution >= 4 is 11.5 Å². The van der Waals surface area contributed by atoms with Crippen LogP contribution >= 0.6 is 0 Å². The van der Waals surface area contributed by atoms with Crippen LogP contribution in [0.1, 0.15) is 30.4 Å². The molecule has 4 nitrogen and oxygen atoms in total. The van der Waals surface area contributed by atoms with Gasteiger partial charge < -0.3 is 14.8 Å². The molecule has 0 amide bonds. The van der Waals surface area contributed by atoms with Crippen LogP contribution < -0.4 is 14.8 Å². The summed E-state index contributed by atoms with van der Waals surface area (Å²) < 4.78 is 10.9. The van der Waals surface area contributed by atoms with Gasteiger partial charge in [-0.1, -0.05) is 6.42 Å². The fourth-order valence-corrected chi connectivity index (χ4v) is 2.95. The van der Waals surface area contributed by atoms with Gasteiger partial charge in [-0.3, -0.25) is 4.79 Å². The van der Waals surface area contributed by atoms with Crippen molar-refractivity contribution in [3.05, 3.63) is 29.3 Å². The molecule has 2 heterocycles. The molecule has 20 heavy (non-hydrogen) atoms. The lowest BCUT2D eigenvalue weighted by Gasteiger charge is -2.25. The summed E-state index contributed by atoms with van der Waals surface area (Å²) in [6, 6.07) is 4.03. The van der Waals surface area contributed by atoms with Gasteiger partial charge in [0.15, 0.2) is 17.3 Å². The summed E-state index contributed by atoms with van der Waals surface area (Å²) in [7, 11) is 0. The van der Waals surface area contributed by atoms with Gasteiger partial charge in [-0.25, -0.2) is 0 Å². The van der Waals surface area contributed by atoms with E-state index in [9.17, 15) is 4.79 Å². The monoisotopic (exact) mass is 271 g/mol. The van der Waals surface area contributed by atoms with Crippen molar-refractivity contribution in [3.63, 3.8) is 0 Å². The van der Waals surface area contributed by atoms with Gasteiger partial charge >= 0.3 is 0 Å².